The van der Waals surface area contributed by atoms with Crippen molar-refractivity contribution in [1.82, 2.24) is 9.80 Å². The number of nitrogens with one attached hydrogen (secondary N) is 1. The van der Waals surface area contributed by atoms with E-state index in [-0.39, 0.29) is 23.8 Å². The third kappa shape index (κ3) is 5.95. The maximum absolute atomic E-state index is 12.6. The molecule has 2 fully saturated rings. The lowest BCUT2D eigenvalue weighted by Crippen LogP contribution is -2.43. The zero-order valence-corrected chi connectivity index (χ0v) is 18.0. The molecule has 0 saturated carbocycles. The van der Waals surface area contributed by atoms with Crippen molar-refractivity contribution in [3.63, 3.8) is 0 Å². The average Bonchev–Trinajstić information content (AvgIpc) is 2.73. The highest BCUT2D eigenvalue weighted by molar-refractivity contribution is 5.96. The number of hydrogen-bond donors (Lipinski definition) is 1. The second-order valence-electron chi connectivity index (χ2n) is 8.71. The molecule has 0 radical (unpaired) electrons. The average molecular weight is 418 g/mol. The van der Waals surface area contributed by atoms with Crippen LogP contribution in [0, 0.1) is 5.92 Å². The summed E-state index contributed by atoms with van der Waals surface area (Å²) in [4.78, 5) is 40.7. The number of morpholine rings is 1. The Bertz CT molecular complexity index is 758. The number of carbonyl (C=O) groups excluding carboxylic acids is 3. The Morgan fingerprint density at radius 3 is 2.13 bits per heavy atom. The van der Waals surface area contributed by atoms with Crippen LogP contribution < -0.4 is 5.32 Å². The van der Waals surface area contributed by atoms with Crippen LogP contribution in [-0.2, 0) is 14.3 Å². The van der Waals surface area contributed by atoms with E-state index in [9.17, 15) is 14.4 Å². The lowest BCUT2D eigenvalue weighted by atomic mass is 9.96. The number of likely N-dealkylation sites (tertiary alicyclic amines) is 1. The summed E-state index contributed by atoms with van der Waals surface area (Å²) < 4.78 is 10.7. The molecule has 0 spiro atoms. The first-order valence-electron chi connectivity index (χ1n) is 10.5. The fourth-order valence-corrected chi connectivity index (χ4v) is 3.54. The van der Waals surface area contributed by atoms with Crippen molar-refractivity contribution in [1.29, 1.82) is 0 Å². The van der Waals surface area contributed by atoms with Gasteiger partial charge in [-0.3, -0.25) is 9.59 Å². The highest BCUT2D eigenvalue weighted by atomic mass is 16.6. The van der Waals surface area contributed by atoms with Gasteiger partial charge in [0.05, 0.1) is 13.2 Å². The summed E-state index contributed by atoms with van der Waals surface area (Å²) in [7, 11) is 0. The zero-order valence-electron chi connectivity index (χ0n) is 18.0. The minimum atomic E-state index is -0.527. The molecule has 2 aliphatic heterocycles. The van der Waals surface area contributed by atoms with E-state index in [4.69, 9.17) is 9.47 Å². The Morgan fingerprint density at radius 2 is 1.57 bits per heavy atom. The van der Waals surface area contributed by atoms with Gasteiger partial charge in [0.15, 0.2) is 0 Å². The molecule has 30 heavy (non-hydrogen) atoms. The molecule has 0 bridgehead atoms. The van der Waals surface area contributed by atoms with Crippen LogP contribution in [0.25, 0.3) is 0 Å². The van der Waals surface area contributed by atoms with Crippen LogP contribution in [-0.4, -0.2) is 72.7 Å². The van der Waals surface area contributed by atoms with Crippen LogP contribution in [0.15, 0.2) is 24.3 Å². The largest absolute Gasteiger partial charge is 0.444 e. The van der Waals surface area contributed by atoms with E-state index in [1.54, 1.807) is 34.1 Å². The first-order valence-corrected chi connectivity index (χ1v) is 10.5. The highest BCUT2D eigenvalue weighted by Crippen LogP contribution is 2.22. The number of ether oxygens (including phenoxy) is 2. The Hall–Kier alpha value is -2.61. The molecule has 0 unspecified atom stereocenters. The monoisotopic (exact) mass is 417 g/mol. The molecule has 2 heterocycles. The fourth-order valence-electron chi connectivity index (χ4n) is 3.54. The number of benzene rings is 1. The van der Waals surface area contributed by atoms with Crippen molar-refractivity contribution in [2.45, 2.75) is 39.2 Å². The minimum Gasteiger partial charge on any atom is -0.444 e. The van der Waals surface area contributed by atoms with E-state index in [0.717, 1.165) is 0 Å². The topological polar surface area (TPSA) is 88.2 Å². The Balaban J connectivity index is 1.48. The van der Waals surface area contributed by atoms with Gasteiger partial charge in [-0.1, -0.05) is 0 Å². The molecular weight excluding hydrogens is 386 g/mol. The second kappa shape index (κ2) is 9.47. The van der Waals surface area contributed by atoms with Crippen molar-refractivity contribution in [2.24, 2.45) is 5.92 Å². The molecule has 1 N–H and O–H groups in total. The summed E-state index contributed by atoms with van der Waals surface area (Å²) in [6, 6.07) is 6.97. The van der Waals surface area contributed by atoms with Crippen LogP contribution in [0.5, 0.6) is 0 Å². The molecule has 3 rings (SSSR count). The van der Waals surface area contributed by atoms with E-state index in [1.807, 2.05) is 20.8 Å². The van der Waals surface area contributed by atoms with Crippen molar-refractivity contribution < 1.29 is 23.9 Å². The van der Waals surface area contributed by atoms with E-state index >= 15 is 0 Å². The molecule has 3 amide bonds. The molecule has 0 aromatic heterocycles. The molecule has 1 aromatic carbocycles. The van der Waals surface area contributed by atoms with Crippen LogP contribution in [0.1, 0.15) is 44.0 Å². The summed E-state index contributed by atoms with van der Waals surface area (Å²) >= 11 is 0. The first-order chi connectivity index (χ1) is 14.2. The van der Waals surface area contributed by atoms with Crippen molar-refractivity contribution >= 4 is 23.6 Å². The molecule has 8 heteroatoms. The summed E-state index contributed by atoms with van der Waals surface area (Å²) in [6.45, 7) is 8.83. The van der Waals surface area contributed by atoms with E-state index in [1.165, 1.54) is 0 Å². The fraction of sp³-hybridized carbons (Fsp3) is 0.591. The van der Waals surface area contributed by atoms with Gasteiger partial charge in [-0.2, -0.15) is 0 Å². The Morgan fingerprint density at radius 1 is 0.967 bits per heavy atom. The molecule has 0 atom stereocenters. The number of amides is 3. The number of rotatable bonds is 3. The minimum absolute atomic E-state index is 0.0225. The summed E-state index contributed by atoms with van der Waals surface area (Å²) in [5.41, 5.74) is 0.731. The number of hydrogen-bond acceptors (Lipinski definition) is 5. The molecule has 0 aliphatic carbocycles. The van der Waals surface area contributed by atoms with Crippen molar-refractivity contribution in [2.75, 3.05) is 44.7 Å². The quantitative estimate of drug-likeness (QED) is 0.817. The third-order valence-electron chi connectivity index (χ3n) is 5.22. The molecule has 8 nitrogen and oxygen atoms in total. The van der Waals surface area contributed by atoms with Gasteiger partial charge in [0.25, 0.3) is 5.91 Å². The van der Waals surface area contributed by atoms with Crippen LogP contribution in [0.3, 0.4) is 0 Å². The van der Waals surface area contributed by atoms with Crippen LogP contribution in [0.2, 0.25) is 0 Å². The Kier molecular flexibility index (Phi) is 6.97. The van der Waals surface area contributed by atoms with Crippen LogP contribution in [0.4, 0.5) is 10.5 Å². The third-order valence-corrected chi connectivity index (χ3v) is 5.22. The van der Waals surface area contributed by atoms with Gasteiger partial charge in [-0.15, -0.1) is 0 Å². The number of piperidine rings is 1. The van der Waals surface area contributed by atoms with E-state index < -0.39 is 5.60 Å². The summed E-state index contributed by atoms with van der Waals surface area (Å²) in [5.74, 6) is -0.241. The smallest absolute Gasteiger partial charge is 0.410 e. The second-order valence-corrected chi connectivity index (χ2v) is 8.71. The number of carbonyl (C=O) groups is 3. The van der Waals surface area contributed by atoms with Gasteiger partial charge in [-0.25, -0.2) is 4.79 Å². The van der Waals surface area contributed by atoms with Crippen molar-refractivity contribution in [3.8, 4) is 0 Å². The maximum Gasteiger partial charge on any atom is 0.410 e. The predicted octanol–water partition coefficient (Wildman–Crippen LogP) is 2.74. The lowest BCUT2D eigenvalue weighted by molar-refractivity contribution is -0.121. The standard InChI is InChI=1S/C22H31N3O5/c1-22(2,3)30-21(28)25-10-8-16(9-11-25)19(26)23-18-6-4-17(5-7-18)20(27)24-12-14-29-15-13-24/h4-7,16H,8-15H2,1-3H3,(H,23,26). The van der Waals surface area contributed by atoms with Gasteiger partial charge in [0.2, 0.25) is 5.91 Å². The van der Waals surface area contributed by atoms with Gasteiger partial charge < -0.3 is 24.6 Å². The number of anilines is 1. The van der Waals surface area contributed by atoms with Gasteiger partial charge >= 0.3 is 6.09 Å². The Labute approximate surface area is 177 Å². The maximum atomic E-state index is 12.6. The lowest BCUT2D eigenvalue weighted by Gasteiger charge is -2.32. The SMILES string of the molecule is CC(C)(C)OC(=O)N1CCC(C(=O)Nc2ccc(C(=O)N3CCOCC3)cc2)CC1. The highest BCUT2D eigenvalue weighted by Gasteiger charge is 2.30. The first kappa shape index (κ1) is 22.1. The van der Waals surface area contributed by atoms with Crippen molar-refractivity contribution in [3.05, 3.63) is 29.8 Å². The van der Waals surface area contributed by atoms with Crippen LogP contribution >= 0.6 is 0 Å². The van der Waals surface area contributed by atoms with Gasteiger partial charge in [0, 0.05) is 43.3 Å². The molecule has 164 valence electrons. The predicted molar refractivity (Wildman–Crippen MR) is 112 cm³/mol. The van der Waals surface area contributed by atoms with Gasteiger partial charge in [-0.05, 0) is 57.9 Å². The number of nitrogens with zero attached hydrogens (tertiary/aromatic N) is 2. The normalized spacial score (nSPS) is 18.1. The molecular formula is C22H31N3O5. The molecule has 1 aromatic rings. The molecule has 2 aliphatic rings. The molecule has 2 saturated heterocycles. The zero-order chi connectivity index (χ0) is 21.7. The summed E-state index contributed by atoms with van der Waals surface area (Å²) in [6.07, 6.45) is 0.860. The van der Waals surface area contributed by atoms with E-state index in [2.05, 4.69) is 5.32 Å². The van der Waals surface area contributed by atoms with Gasteiger partial charge in [0.1, 0.15) is 5.60 Å². The summed E-state index contributed by atoms with van der Waals surface area (Å²) in [5, 5.41) is 2.92. The van der Waals surface area contributed by atoms with E-state index in [0.29, 0.717) is 63.5 Å².